The fourth-order valence-electron chi connectivity index (χ4n) is 3.15. The fraction of sp³-hybridized carbons (Fsp3) is 0.115. The third-order valence-electron chi connectivity index (χ3n) is 5.00. The van der Waals surface area contributed by atoms with Gasteiger partial charge in [0.25, 0.3) is 5.91 Å². The van der Waals surface area contributed by atoms with E-state index in [0.717, 1.165) is 22.6 Å². The van der Waals surface area contributed by atoms with E-state index in [4.69, 9.17) is 4.74 Å². The number of rotatable bonds is 7. The molecule has 3 aromatic carbocycles. The molecule has 6 heteroatoms. The Balaban J connectivity index is 1.37. The number of amides is 1. The van der Waals surface area contributed by atoms with Crippen molar-refractivity contribution in [3.63, 3.8) is 0 Å². The van der Waals surface area contributed by atoms with Gasteiger partial charge in [0.2, 0.25) is 0 Å². The van der Waals surface area contributed by atoms with Gasteiger partial charge in [0.1, 0.15) is 11.6 Å². The van der Waals surface area contributed by atoms with Gasteiger partial charge in [0.05, 0.1) is 7.11 Å². The summed E-state index contributed by atoms with van der Waals surface area (Å²) in [5.74, 6) is 2.01. The Morgan fingerprint density at radius 2 is 1.62 bits per heavy atom. The Bertz CT molecular complexity index is 1190. The van der Waals surface area contributed by atoms with Crippen molar-refractivity contribution in [2.45, 2.75) is 13.5 Å². The van der Waals surface area contributed by atoms with Gasteiger partial charge in [-0.05, 0) is 55.0 Å². The van der Waals surface area contributed by atoms with Gasteiger partial charge in [0, 0.05) is 29.6 Å². The van der Waals surface area contributed by atoms with Gasteiger partial charge in [-0.1, -0.05) is 42.0 Å². The lowest BCUT2D eigenvalue weighted by Gasteiger charge is -2.09. The van der Waals surface area contributed by atoms with Gasteiger partial charge >= 0.3 is 0 Å². The zero-order valence-electron chi connectivity index (χ0n) is 18.0. The van der Waals surface area contributed by atoms with Crippen LogP contribution in [0.2, 0.25) is 0 Å². The zero-order valence-corrected chi connectivity index (χ0v) is 18.0. The number of aromatic nitrogens is 2. The van der Waals surface area contributed by atoms with Crippen LogP contribution in [0.4, 0.5) is 11.5 Å². The molecule has 6 nitrogen and oxygen atoms in total. The van der Waals surface area contributed by atoms with E-state index in [1.165, 1.54) is 5.56 Å². The van der Waals surface area contributed by atoms with E-state index in [9.17, 15) is 4.79 Å². The van der Waals surface area contributed by atoms with Crippen molar-refractivity contribution in [1.82, 2.24) is 15.3 Å². The molecule has 0 bridgehead atoms. The molecule has 1 aromatic heterocycles. The van der Waals surface area contributed by atoms with Crippen LogP contribution in [0.15, 0.2) is 85.1 Å². The summed E-state index contributed by atoms with van der Waals surface area (Å²) in [6.45, 7) is 2.50. The minimum absolute atomic E-state index is 0.129. The van der Waals surface area contributed by atoms with Crippen molar-refractivity contribution in [1.29, 1.82) is 0 Å². The molecule has 0 radical (unpaired) electrons. The number of hydrogen-bond donors (Lipinski definition) is 2. The van der Waals surface area contributed by atoms with E-state index >= 15 is 0 Å². The molecule has 0 fully saturated rings. The first-order valence-electron chi connectivity index (χ1n) is 10.3. The third kappa shape index (κ3) is 5.29. The summed E-state index contributed by atoms with van der Waals surface area (Å²) in [7, 11) is 1.63. The van der Waals surface area contributed by atoms with Gasteiger partial charge < -0.3 is 15.4 Å². The zero-order chi connectivity index (χ0) is 22.3. The Morgan fingerprint density at radius 1 is 0.906 bits per heavy atom. The second kappa shape index (κ2) is 9.75. The number of hydrogen-bond acceptors (Lipinski definition) is 5. The van der Waals surface area contributed by atoms with E-state index in [-0.39, 0.29) is 5.91 Å². The van der Waals surface area contributed by atoms with Gasteiger partial charge in [-0.15, -0.1) is 0 Å². The monoisotopic (exact) mass is 424 g/mol. The number of methoxy groups -OCH3 is 1. The van der Waals surface area contributed by atoms with E-state index < -0.39 is 0 Å². The van der Waals surface area contributed by atoms with Crippen LogP contribution in [0.25, 0.3) is 11.4 Å². The molecular weight excluding hydrogens is 400 g/mol. The van der Waals surface area contributed by atoms with Crippen molar-refractivity contribution >= 4 is 17.4 Å². The number of aryl methyl sites for hydroxylation is 1. The first-order valence-corrected chi connectivity index (χ1v) is 10.3. The maximum Gasteiger partial charge on any atom is 0.251 e. The third-order valence-corrected chi connectivity index (χ3v) is 5.00. The fourth-order valence-corrected chi connectivity index (χ4v) is 3.15. The number of nitrogens with zero attached hydrogens (tertiary/aromatic N) is 2. The van der Waals surface area contributed by atoms with Gasteiger partial charge in [-0.25, -0.2) is 9.97 Å². The summed E-state index contributed by atoms with van der Waals surface area (Å²) >= 11 is 0. The smallest absolute Gasteiger partial charge is 0.251 e. The lowest BCUT2D eigenvalue weighted by atomic mass is 10.1. The second-order valence-corrected chi connectivity index (χ2v) is 7.36. The van der Waals surface area contributed by atoms with Crippen LogP contribution in [0.1, 0.15) is 21.5 Å². The summed E-state index contributed by atoms with van der Waals surface area (Å²) in [5.41, 5.74) is 4.59. The van der Waals surface area contributed by atoms with E-state index in [1.54, 1.807) is 25.4 Å². The molecule has 160 valence electrons. The minimum atomic E-state index is -0.129. The number of nitrogens with one attached hydrogen (secondary N) is 2. The highest BCUT2D eigenvalue weighted by molar-refractivity contribution is 5.94. The van der Waals surface area contributed by atoms with Gasteiger partial charge in [-0.2, -0.15) is 0 Å². The standard InChI is InChI=1S/C26H24N4O2/c1-18-3-7-20(8-4-18)25-27-16-15-24(30-25)29-22-11-9-21(10-12-22)26(31)28-17-19-5-13-23(32-2)14-6-19/h3-16H,17H2,1-2H3,(H,28,31)(H,27,29,30). The molecule has 0 saturated heterocycles. The van der Waals surface area contributed by atoms with Gasteiger partial charge in [0.15, 0.2) is 5.82 Å². The topological polar surface area (TPSA) is 76.1 Å². The number of carbonyl (C=O) groups excluding carboxylic acids is 1. The average Bonchev–Trinajstić information content (AvgIpc) is 2.84. The van der Waals surface area contributed by atoms with E-state index in [0.29, 0.717) is 23.8 Å². The Morgan fingerprint density at radius 3 is 2.31 bits per heavy atom. The number of benzene rings is 3. The normalized spacial score (nSPS) is 10.4. The van der Waals surface area contributed by atoms with E-state index in [1.807, 2.05) is 73.7 Å². The van der Waals surface area contributed by atoms with Crippen LogP contribution in [0, 0.1) is 6.92 Å². The molecule has 0 aliphatic rings. The van der Waals surface area contributed by atoms with Gasteiger partial charge in [-0.3, -0.25) is 4.79 Å². The highest BCUT2D eigenvalue weighted by atomic mass is 16.5. The molecule has 1 amide bonds. The maximum absolute atomic E-state index is 12.5. The molecule has 4 rings (SSSR count). The maximum atomic E-state index is 12.5. The van der Waals surface area contributed by atoms with Crippen LogP contribution in [-0.2, 0) is 6.54 Å². The van der Waals surface area contributed by atoms with Crippen molar-refractivity contribution < 1.29 is 9.53 Å². The molecule has 0 spiro atoms. The predicted octanol–water partition coefficient (Wildman–Crippen LogP) is 5.13. The summed E-state index contributed by atoms with van der Waals surface area (Å²) in [4.78, 5) is 21.4. The second-order valence-electron chi connectivity index (χ2n) is 7.36. The summed E-state index contributed by atoms with van der Waals surface area (Å²) in [6.07, 6.45) is 1.73. The Labute approximate surface area is 187 Å². The van der Waals surface area contributed by atoms with E-state index in [2.05, 4.69) is 20.6 Å². The summed E-state index contributed by atoms with van der Waals surface area (Å²) < 4.78 is 5.15. The van der Waals surface area contributed by atoms with Crippen molar-refractivity contribution in [3.8, 4) is 17.1 Å². The molecule has 0 unspecified atom stereocenters. The predicted molar refractivity (Wildman–Crippen MR) is 126 cm³/mol. The first kappa shape index (κ1) is 21.1. The quantitative estimate of drug-likeness (QED) is 0.430. The van der Waals surface area contributed by atoms with Crippen LogP contribution in [0.5, 0.6) is 5.75 Å². The molecular formula is C26H24N4O2. The van der Waals surface area contributed by atoms with Crippen LogP contribution in [-0.4, -0.2) is 23.0 Å². The highest BCUT2D eigenvalue weighted by Crippen LogP contribution is 2.20. The Hall–Kier alpha value is -4.19. The summed E-state index contributed by atoms with van der Waals surface area (Å²) in [5, 5.41) is 6.20. The molecule has 2 N–H and O–H groups in total. The first-order chi connectivity index (χ1) is 15.6. The molecule has 4 aromatic rings. The van der Waals surface area contributed by atoms with Crippen LogP contribution in [0.3, 0.4) is 0 Å². The highest BCUT2D eigenvalue weighted by Gasteiger charge is 2.07. The lowest BCUT2D eigenvalue weighted by molar-refractivity contribution is 0.0951. The van der Waals surface area contributed by atoms with Crippen molar-refractivity contribution in [2.24, 2.45) is 0 Å². The summed E-state index contributed by atoms with van der Waals surface area (Å²) in [6, 6.07) is 24.8. The molecule has 0 saturated carbocycles. The molecule has 0 atom stereocenters. The van der Waals surface area contributed by atoms with Crippen LogP contribution < -0.4 is 15.4 Å². The Kier molecular flexibility index (Phi) is 6.41. The number of carbonyl (C=O) groups is 1. The number of anilines is 2. The van der Waals surface area contributed by atoms with Crippen molar-refractivity contribution in [3.05, 3.63) is 102 Å². The van der Waals surface area contributed by atoms with Crippen molar-refractivity contribution in [2.75, 3.05) is 12.4 Å². The molecule has 0 aliphatic carbocycles. The average molecular weight is 425 g/mol. The molecule has 32 heavy (non-hydrogen) atoms. The molecule has 1 heterocycles. The minimum Gasteiger partial charge on any atom is -0.497 e. The number of ether oxygens (including phenoxy) is 1. The van der Waals surface area contributed by atoms with Crippen LogP contribution >= 0.6 is 0 Å². The molecule has 0 aliphatic heterocycles. The largest absolute Gasteiger partial charge is 0.497 e. The lowest BCUT2D eigenvalue weighted by Crippen LogP contribution is -2.22. The SMILES string of the molecule is COc1ccc(CNC(=O)c2ccc(Nc3ccnc(-c4ccc(C)cc4)n3)cc2)cc1.